The van der Waals surface area contributed by atoms with Crippen LogP contribution in [-0.4, -0.2) is 33.0 Å². The molecule has 3 heterocycles. The molecule has 0 fully saturated rings. The highest BCUT2D eigenvalue weighted by Gasteiger charge is 2.12. The fraction of sp³-hybridized carbons (Fsp3) is 0.111. The minimum atomic E-state index is 0.499. The molecule has 0 saturated carbocycles. The predicted octanol–water partition coefficient (Wildman–Crippen LogP) is 6.12. The molecule has 0 aliphatic rings. The fourth-order valence-corrected chi connectivity index (χ4v) is 4.13. The monoisotopic (exact) mass is 498 g/mol. The van der Waals surface area contributed by atoms with Crippen molar-refractivity contribution < 1.29 is 9.53 Å². The lowest BCUT2D eigenvalue weighted by atomic mass is 10.0. The number of imidazole rings is 1. The number of carbonyl (C=O) groups excluding carboxylic acids is 1. The Morgan fingerprint density at radius 2 is 1.86 bits per heavy atom. The third kappa shape index (κ3) is 4.58. The van der Waals surface area contributed by atoms with Gasteiger partial charge in [0.1, 0.15) is 17.3 Å². The summed E-state index contributed by atoms with van der Waals surface area (Å²) < 4.78 is 8.00. The van der Waals surface area contributed by atoms with Gasteiger partial charge in [0.15, 0.2) is 0 Å². The van der Waals surface area contributed by atoms with Crippen LogP contribution in [0.4, 0.5) is 17.5 Å². The van der Waals surface area contributed by atoms with Crippen molar-refractivity contribution >= 4 is 46.5 Å². The van der Waals surface area contributed by atoms with Crippen molar-refractivity contribution in [1.82, 2.24) is 19.5 Å². The van der Waals surface area contributed by atoms with Crippen molar-refractivity contribution in [3.05, 3.63) is 83.8 Å². The highest BCUT2D eigenvalue weighted by molar-refractivity contribution is 6.33. The first-order valence-electron chi connectivity index (χ1n) is 11.2. The summed E-state index contributed by atoms with van der Waals surface area (Å²) >= 11 is 6.39. The molecule has 0 spiro atoms. The summed E-state index contributed by atoms with van der Waals surface area (Å²) in [6.07, 6.45) is 5.68. The Morgan fingerprint density at radius 1 is 1.03 bits per heavy atom. The van der Waals surface area contributed by atoms with Crippen LogP contribution in [0.25, 0.3) is 22.2 Å². The van der Waals surface area contributed by atoms with Crippen molar-refractivity contribution in [3.8, 4) is 22.6 Å². The van der Waals surface area contributed by atoms with E-state index in [0.29, 0.717) is 34.7 Å². The quantitative estimate of drug-likeness (QED) is 0.272. The van der Waals surface area contributed by atoms with Gasteiger partial charge >= 0.3 is 0 Å². The Bertz CT molecular complexity index is 1580. The van der Waals surface area contributed by atoms with E-state index in [1.807, 2.05) is 48.0 Å². The van der Waals surface area contributed by atoms with E-state index < -0.39 is 0 Å². The third-order valence-corrected chi connectivity index (χ3v) is 6.18. The van der Waals surface area contributed by atoms with Crippen LogP contribution in [-0.2, 0) is 11.8 Å². The summed E-state index contributed by atoms with van der Waals surface area (Å²) in [6.45, 7) is 2.05. The fourth-order valence-electron chi connectivity index (χ4n) is 3.91. The highest BCUT2D eigenvalue weighted by atomic mass is 35.5. The number of anilines is 3. The van der Waals surface area contributed by atoms with Crippen LogP contribution >= 0.6 is 11.6 Å². The lowest BCUT2D eigenvalue weighted by Gasteiger charge is -2.12. The molecule has 0 radical (unpaired) electrons. The number of carbonyl (C=O) groups is 1. The van der Waals surface area contributed by atoms with Gasteiger partial charge in [-0.05, 0) is 54.4 Å². The van der Waals surface area contributed by atoms with Crippen LogP contribution in [0.1, 0.15) is 5.56 Å². The van der Waals surface area contributed by atoms with Gasteiger partial charge in [-0.15, -0.1) is 0 Å². The summed E-state index contributed by atoms with van der Waals surface area (Å²) in [4.78, 5) is 25.4. The number of pyridine rings is 2. The van der Waals surface area contributed by atoms with Crippen LogP contribution in [0, 0.1) is 6.92 Å². The largest absolute Gasteiger partial charge is 0.457 e. The first-order chi connectivity index (χ1) is 17.4. The number of nitrogens with zero attached hydrogens (tertiary/aromatic N) is 5. The molecule has 36 heavy (non-hydrogen) atoms. The third-order valence-electron chi connectivity index (χ3n) is 5.88. The smallest absolute Gasteiger partial charge is 0.215 e. The van der Waals surface area contributed by atoms with Crippen molar-refractivity contribution in [2.75, 3.05) is 17.3 Å². The molecular weight excluding hydrogens is 476 g/mol. The zero-order chi connectivity index (χ0) is 25.2. The van der Waals surface area contributed by atoms with E-state index in [9.17, 15) is 4.79 Å². The molecule has 3 aromatic heterocycles. The number of fused-ring (bicyclic) bond motifs is 1. The Morgan fingerprint density at radius 3 is 2.67 bits per heavy atom. The van der Waals surface area contributed by atoms with Crippen molar-refractivity contribution in [2.45, 2.75) is 6.92 Å². The standard InChI is InChI=1S/C27H23ClN6O2/c1-17-4-5-18(12-22(17)21-9-10-29-15-23(21)28)31-27-32-24-13-19(6-7-25(24)34(27)3)36-20-8-11-30-26(14-20)33(2)16-35/h4-16H,1-3H3,(H,31,32). The molecule has 0 aliphatic heterocycles. The van der Waals surface area contributed by atoms with E-state index >= 15 is 0 Å². The number of amides is 1. The van der Waals surface area contributed by atoms with Crippen molar-refractivity contribution in [2.24, 2.45) is 7.05 Å². The van der Waals surface area contributed by atoms with E-state index in [4.69, 9.17) is 21.3 Å². The molecule has 5 rings (SSSR count). The molecule has 0 unspecified atom stereocenters. The average Bonchev–Trinajstić information content (AvgIpc) is 3.19. The van der Waals surface area contributed by atoms with Gasteiger partial charge in [0, 0.05) is 56.1 Å². The number of benzene rings is 2. The molecule has 1 N–H and O–H groups in total. The highest BCUT2D eigenvalue weighted by Crippen LogP contribution is 2.33. The number of rotatable bonds is 7. The minimum absolute atomic E-state index is 0.499. The lowest BCUT2D eigenvalue weighted by Crippen LogP contribution is -2.14. The van der Waals surface area contributed by atoms with Gasteiger partial charge in [-0.1, -0.05) is 17.7 Å². The van der Waals surface area contributed by atoms with E-state index in [1.54, 1.807) is 37.8 Å². The Balaban J connectivity index is 1.42. The molecule has 8 nitrogen and oxygen atoms in total. The summed E-state index contributed by atoms with van der Waals surface area (Å²) in [6, 6.07) is 17.2. The summed E-state index contributed by atoms with van der Waals surface area (Å²) in [5.74, 6) is 2.39. The molecule has 0 atom stereocenters. The number of aromatic nitrogens is 4. The van der Waals surface area contributed by atoms with Gasteiger partial charge in [-0.2, -0.15) is 0 Å². The molecule has 1 amide bonds. The molecular formula is C27H23ClN6O2. The maximum absolute atomic E-state index is 11.0. The lowest BCUT2D eigenvalue weighted by molar-refractivity contribution is -0.107. The average molecular weight is 499 g/mol. The second kappa shape index (κ2) is 9.67. The second-order valence-corrected chi connectivity index (χ2v) is 8.73. The topological polar surface area (TPSA) is 85.2 Å². The van der Waals surface area contributed by atoms with E-state index in [-0.39, 0.29) is 0 Å². The zero-order valence-corrected chi connectivity index (χ0v) is 20.7. The summed E-state index contributed by atoms with van der Waals surface area (Å²) in [7, 11) is 3.59. The molecule has 9 heteroatoms. The van der Waals surface area contributed by atoms with Gasteiger partial charge in [0.2, 0.25) is 12.4 Å². The van der Waals surface area contributed by atoms with Gasteiger partial charge in [0.25, 0.3) is 0 Å². The molecule has 0 saturated heterocycles. The molecule has 180 valence electrons. The SMILES string of the molecule is Cc1ccc(Nc2nc3cc(Oc4ccnc(N(C)C=O)c4)ccc3n2C)cc1-c1ccncc1Cl. The molecule has 0 bridgehead atoms. The van der Waals surface area contributed by atoms with Gasteiger partial charge in [0.05, 0.1) is 16.1 Å². The van der Waals surface area contributed by atoms with Crippen LogP contribution in [0.15, 0.2) is 73.2 Å². The van der Waals surface area contributed by atoms with E-state index in [2.05, 4.69) is 28.3 Å². The van der Waals surface area contributed by atoms with Crippen molar-refractivity contribution in [3.63, 3.8) is 0 Å². The maximum atomic E-state index is 11.0. The molecule has 2 aromatic carbocycles. The van der Waals surface area contributed by atoms with E-state index in [1.165, 1.54) is 4.90 Å². The number of aryl methyl sites for hydroxylation is 2. The van der Waals surface area contributed by atoms with Crippen LogP contribution in [0.3, 0.4) is 0 Å². The maximum Gasteiger partial charge on any atom is 0.215 e. The Labute approximate surface area is 213 Å². The Hall–Kier alpha value is -4.43. The number of hydrogen-bond donors (Lipinski definition) is 1. The van der Waals surface area contributed by atoms with E-state index in [0.717, 1.165) is 33.4 Å². The van der Waals surface area contributed by atoms with Gasteiger partial charge in [-0.25, -0.2) is 9.97 Å². The van der Waals surface area contributed by atoms with Crippen LogP contribution in [0.5, 0.6) is 11.5 Å². The summed E-state index contributed by atoms with van der Waals surface area (Å²) in [5, 5.41) is 4.02. The van der Waals surface area contributed by atoms with Gasteiger partial charge < -0.3 is 19.5 Å². The van der Waals surface area contributed by atoms with Gasteiger partial charge in [-0.3, -0.25) is 9.78 Å². The van der Waals surface area contributed by atoms with Crippen LogP contribution in [0.2, 0.25) is 5.02 Å². The first kappa shape index (κ1) is 23.3. The molecule has 5 aromatic rings. The molecule has 0 aliphatic carbocycles. The summed E-state index contributed by atoms with van der Waals surface area (Å²) in [5.41, 5.74) is 5.68. The predicted molar refractivity (Wildman–Crippen MR) is 142 cm³/mol. The number of nitrogens with one attached hydrogen (secondary N) is 1. The number of halogens is 1. The minimum Gasteiger partial charge on any atom is -0.457 e. The first-order valence-corrected chi connectivity index (χ1v) is 11.6. The number of ether oxygens (including phenoxy) is 1. The van der Waals surface area contributed by atoms with Crippen molar-refractivity contribution in [1.29, 1.82) is 0 Å². The Kier molecular flexibility index (Phi) is 6.26. The second-order valence-electron chi connectivity index (χ2n) is 8.32. The number of hydrogen-bond acceptors (Lipinski definition) is 6. The zero-order valence-electron chi connectivity index (χ0n) is 19.9. The van der Waals surface area contributed by atoms with Crippen LogP contribution < -0.4 is 15.0 Å². The normalized spacial score (nSPS) is 10.9.